The summed E-state index contributed by atoms with van der Waals surface area (Å²) < 4.78 is 14.3. The third kappa shape index (κ3) is 5.83. The summed E-state index contributed by atoms with van der Waals surface area (Å²) in [6.45, 7) is 1.96. The first-order valence-electron chi connectivity index (χ1n) is 9.93. The number of alkyl halides is 1. The van der Waals surface area contributed by atoms with E-state index in [-0.39, 0.29) is 17.3 Å². The summed E-state index contributed by atoms with van der Waals surface area (Å²) in [5.74, 6) is 0.621. The highest BCUT2D eigenvalue weighted by Crippen LogP contribution is 2.31. The zero-order chi connectivity index (χ0) is 19.1. The molecule has 0 N–H and O–H groups in total. The second-order valence-electron chi connectivity index (χ2n) is 7.39. The Labute approximate surface area is 165 Å². The smallest absolute Gasteiger partial charge is 0.271 e. The maximum absolute atomic E-state index is 12.6. The third-order valence-corrected chi connectivity index (χ3v) is 5.48. The molecule has 1 aliphatic carbocycles. The number of nitrogens with zero attached hydrogens (tertiary/aromatic N) is 2. The first kappa shape index (κ1) is 19.9. The lowest BCUT2D eigenvalue weighted by Crippen LogP contribution is -2.30. The summed E-state index contributed by atoms with van der Waals surface area (Å²) in [7, 11) is 0. The van der Waals surface area contributed by atoms with Crippen molar-refractivity contribution in [3.05, 3.63) is 63.5 Å². The second-order valence-corrected chi connectivity index (χ2v) is 7.77. The van der Waals surface area contributed by atoms with E-state index in [1.165, 1.54) is 18.4 Å². The van der Waals surface area contributed by atoms with Crippen LogP contribution in [0.3, 0.4) is 0 Å². The van der Waals surface area contributed by atoms with E-state index in [1.54, 1.807) is 4.57 Å². The minimum atomic E-state index is -0.311. The molecule has 1 saturated carbocycles. The highest BCUT2D eigenvalue weighted by molar-refractivity contribution is 6.33. The number of unbranched alkanes of at least 4 members (excludes halogenated alkanes) is 1. The van der Waals surface area contributed by atoms with Crippen LogP contribution in [0.5, 0.6) is 0 Å². The van der Waals surface area contributed by atoms with Crippen molar-refractivity contribution in [1.82, 2.24) is 4.57 Å². The molecule has 1 heterocycles. The molecular weight excluding hydrogens is 363 g/mol. The fourth-order valence-corrected chi connectivity index (χ4v) is 3.66. The minimum Gasteiger partial charge on any atom is -0.370 e. The molecule has 0 amide bonds. The Hall–Kier alpha value is -1.81. The Morgan fingerprint density at radius 3 is 2.52 bits per heavy atom. The standard InChI is InChI=1S/C22H28ClFN2O/c23-21-20(12-16-26(22(21)27)17-19-10-11-19)25(14-5-4-13-24)15-6-9-18-7-2-1-3-8-18/h1-3,7-8,12,16,19H,4-6,9-11,13-15,17H2. The van der Waals surface area contributed by atoms with Crippen molar-refractivity contribution in [3.63, 3.8) is 0 Å². The average molecular weight is 391 g/mol. The van der Waals surface area contributed by atoms with Gasteiger partial charge in [-0.2, -0.15) is 0 Å². The summed E-state index contributed by atoms with van der Waals surface area (Å²) in [6.07, 6.45) is 7.47. The predicted molar refractivity (Wildman–Crippen MR) is 111 cm³/mol. The van der Waals surface area contributed by atoms with Crippen molar-refractivity contribution in [2.45, 2.75) is 45.1 Å². The molecule has 1 aromatic heterocycles. The quantitative estimate of drug-likeness (QED) is 0.499. The Kier molecular flexibility index (Phi) is 7.33. The molecule has 27 heavy (non-hydrogen) atoms. The van der Waals surface area contributed by atoms with Gasteiger partial charge in [-0.05, 0) is 56.1 Å². The number of aromatic nitrogens is 1. The first-order valence-corrected chi connectivity index (χ1v) is 10.3. The van der Waals surface area contributed by atoms with Gasteiger partial charge in [0.1, 0.15) is 5.02 Å². The van der Waals surface area contributed by atoms with Gasteiger partial charge in [0.2, 0.25) is 0 Å². The number of aryl methyl sites for hydroxylation is 1. The highest BCUT2D eigenvalue weighted by atomic mass is 35.5. The van der Waals surface area contributed by atoms with Crippen LogP contribution in [0.15, 0.2) is 47.4 Å². The van der Waals surface area contributed by atoms with E-state index in [0.29, 0.717) is 18.9 Å². The van der Waals surface area contributed by atoms with Gasteiger partial charge in [-0.1, -0.05) is 41.9 Å². The number of anilines is 1. The predicted octanol–water partition coefficient (Wildman–Crippen LogP) is 5.10. The molecule has 1 aromatic carbocycles. The second kappa shape index (κ2) is 9.93. The molecule has 1 fully saturated rings. The monoisotopic (exact) mass is 390 g/mol. The maximum Gasteiger partial charge on any atom is 0.271 e. The van der Waals surface area contributed by atoms with Gasteiger partial charge in [-0.3, -0.25) is 9.18 Å². The van der Waals surface area contributed by atoms with Crippen LogP contribution in [-0.2, 0) is 13.0 Å². The van der Waals surface area contributed by atoms with Crippen molar-refractivity contribution in [1.29, 1.82) is 0 Å². The summed E-state index contributed by atoms with van der Waals surface area (Å²) in [6, 6.07) is 12.3. The molecule has 0 unspecified atom stereocenters. The van der Waals surface area contributed by atoms with E-state index in [2.05, 4.69) is 17.0 Å². The molecule has 146 valence electrons. The lowest BCUT2D eigenvalue weighted by molar-refractivity contribution is 0.461. The van der Waals surface area contributed by atoms with E-state index in [1.807, 2.05) is 30.5 Å². The highest BCUT2D eigenvalue weighted by Gasteiger charge is 2.23. The fraction of sp³-hybridized carbons (Fsp3) is 0.500. The number of benzene rings is 1. The minimum absolute atomic E-state index is 0.111. The number of pyridine rings is 1. The Morgan fingerprint density at radius 2 is 1.81 bits per heavy atom. The van der Waals surface area contributed by atoms with Crippen LogP contribution in [0.4, 0.5) is 10.1 Å². The lowest BCUT2D eigenvalue weighted by Gasteiger charge is -2.26. The van der Waals surface area contributed by atoms with Gasteiger partial charge in [0.25, 0.3) is 5.56 Å². The van der Waals surface area contributed by atoms with Crippen molar-refractivity contribution in [3.8, 4) is 0 Å². The molecule has 0 spiro atoms. The van der Waals surface area contributed by atoms with Crippen LogP contribution in [-0.4, -0.2) is 24.3 Å². The zero-order valence-electron chi connectivity index (χ0n) is 15.7. The lowest BCUT2D eigenvalue weighted by atomic mass is 10.1. The Morgan fingerprint density at radius 1 is 1.07 bits per heavy atom. The van der Waals surface area contributed by atoms with Crippen LogP contribution < -0.4 is 10.5 Å². The van der Waals surface area contributed by atoms with Crippen molar-refractivity contribution >= 4 is 17.3 Å². The normalized spacial score (nSPS) is 13.7. The van der Waals surface area contributed by atoms with Gasteiger partial charge in [0, 0.05) is 25.8 Å². The van der Waals surface area contributed by atoms with Gasteiger partial charge >= 0.3 is 0 Å². The summed E-state index contributed by atoms with van der Waals surface area (Å²) in [5, 5.41) is 0.290. The van der Waals surface area contributed by atoms with E-state index in [4.69, 9.17) is 11.6 Å². The SMILES string of the molecule is O=c1c(Cl)c(N(CCCCF)CCCc2ccccc2)ccn1CC1CC1. The van der Waals surface area contributed by atoms with Crippen LogP contribution in [0, 0.1) is 5.92 Å². The van der Waals surface area contributed by atoms with Crippen LogP contribution in [0.1, 0.15) is 37.7 Å². The largest absolute Gasteiger partial charge is 0.370 e. The maximum atomic E-state index is 12.6. The number of halogens is 2. The third-order valence-electron chi connectivity index (χ3n) is 5.13. The van der Waals surface area contributed by atoms with Gasteiger partial charge < -0.3 is 9.47 Å². The van der Waals surface area contributed by atoms with Crippen molar-refractivity contribution in [2.75, 3.05) is 24.7 Å². The van der Waals surface area contributed by atoms with Gasteiger partial charge in [0.15, 0.2) is 0 Å². The molecule has 0 saturated heterocycles. The van der Waals surface area contributed by atoms with Gasteiger partial charge in [0.05, 0.1) is 12.4 Å². The zero-order valence-corrected chi connectivity index (χ0v) is 16.5. The Balaban J connectivity index is 1.69. The van der Waals surface area contributed by atoms with Crippen molar-refractivity contribution < 1.29 is 4.39 Å². The molecule has 0 bridgehead atoms. The number of hydrogen-bond donors (Lipinski definition) is 0. The van der Waals surface area contributed by atoms with Crippen LogP contribution in [0.2, 0.25) is 5.02 Å². The number of rotatable bonds is 11. The molecule has 3 nitrogen and oxygen atoms in total. The van der Waals surface area contributed by atoms with Crippen LogP contribution in [0.25, 0.3) is 0 Å². The van der Waals surface area contributed by atoms with Gasteiger partial charge in [-0.15, -0.1) is 0 Å². The molecule has 2 aromatic rings. The summed E-state index contributed by atoms with van der Waals surface area (Å²) in [4.78, 5) is 14.8. The molecule has 3 rings (SSSR count). The summed E-state index contributed by atoms with van der Waals surface area (Å²) >= 11 is 6.46. The topological polar surface area (TPSA) is 25.2 Å². The van der Waals surface area contributed by atoms with Crippen LogP contribution >= 0.6 is 11.6 Å². The van der Waals surface area contributed by atoms with E-state index in [0.717, 1.165) is 38.0 Å². The number of hydrogen-bond acceptors (Lipinski definition) is 2. The first-order chi connectivity index (χ1) is 13.2. The Bertz CT molecular complexity index is 774. The van der Waals surface area contributed by atoms with Crippen molar-refractivity contribution in [2.24, 2.45) is 5.92 Å². The van der Waals surface area contributed by atoms with Gasteiger partial charge in [-0.25, -0.2) is 0 Å². The molecule has 0 atom stereocenters. The van der Waals surface area contributed by atoms with E-state index < -0.39 is 0 Å². The molecular formula is C22H28ClFN2O. The average Bonchev–Trinajstić information content (AvgIpc) is 3.50. The van der Waals surface area contributed by atoms with E-state index in [9.17, 15) is 9.18 Å². The molecule has 0 radical (unpaired) electrons. The molecule has 0 aliphatic heterocycles. The van der Waals surface area contributed by atoms with E-state index >= 15 is 0 Å². The molecule has 5 heteroatoms. The molecule has 1 aliphatic rings. The summed E-state index contributed by atoms with van der Waals surface area (Å²) in [5.41, 5.74) is 1.97. The fourth-order valence-electron chi connectivity index (χ4n) is 3.37.